The van der Waals surface area contributed by atoms with Gasteiger partial charge in [0.1, 0.15) is 11.5 Å². The number of benzene rings is 3. The highest BCUT2D eigenvalue weighted by molar-refractivity contribution is 6.04. The van der Waals surface area contributed by atoms with Crippen molar-refractivity contribution in [1.29, 1.82) is 0 Å². The fourth-order valence-corrected chi connectivity index (χ4v) is 3.96. The fourth-order valence-electron chi connectivity index (χ4n) is 3.96. The van der Waals surface area contributed by atoms with Crippen LogP contribution in [-0.4, -0.2) is 15.8 Å². The summed E-state index contributed by atoms with van der Waals surface area (Å²) in [4.78, 5) is 0. The molecule has 3 aromatic rings. The van der Waals surface area contributed by atoms with Gasteiger partial charge in [-0.2, -0.15) is 5.10 Å². The molecule has 2 atom stereocenters. The minimum atomic E-state index is -0.284. The largest absolute Gasteiger partial charge is 0.507 e. The SMILES string of the molecule is Cc1cccc([C@@H]2Oc3ccccc3[C@H]3CC(c4ccccc4O)=NN32)c1. The van der Waals surface area contributed by atoms with Crippen molar-refractivity contribution in [1.82, 2.24) is 5.01 Å². The van der Waals surface area contributed by atoms with E-state index < -0.39 is 0 Å². The van der Waals surface area contributed by atoms with E-state index in [4.69, 9.17) is 9.84 Å². The number of phenols is 1. The normalized spacial score (nSPS) is 20.5. The Bertz CT molecular complexity index is 1040. The summed E-state index contributed by atoms with van der Waals surface area (Å²) in [6, 6.07) is 24.0. The molecule has 0 aromatic heterocycles. The number of fused-ring (bicyclic) bond motifs is 3. The molecule has 0 amide bonds. The molecule has 3 aromatic carbocycles. The van der Waals surface area contributed by atoms with Crippen molar-refractivity contribution in [2.75, 3.05) is 0 Å². The van der Waals surface area contributed by atoms with Crippen molar-refractivity contribution in [3.63, 3.8) is 0 Å². The lowest BCUT2D eigenvalue weighted by Gasteiger charge is -2.38. The highest BCUT2D eigenvalue weighted by Gasteiger charge is 2.41. The predicted octanol–water partition coefficient (Wildman–Crippen LogP) is 4.94. The molecule has 0 saturated carbocycles. The molecule has 2 aliphatic heterocycles. The molecule has 134 valence electrons. The van der Waals surface area contributed by atoms with Crippen molar-refractivity contribution in [3.8, 4) is 11.5 Å². The van der Waals surface area contributed by atoms with Crippen LogP contribution in [0.25, 0.3) is 0 Å². The number of hydrogen-bond acceptors (Lipinski definition) is 4. The molecule has 2 heterocycles. The van der Waals surface area contributed by atoms with Crippen LogP contribution in [0.5, 0.6) is 11.5 Å². The van der Waals surface area contributed by atoms with E-state index in [1.54, 1.807) is 6.07 Å². The van der Waals surface area contributed by atoms with Gasteiger partial charge >= 0.3 is 0 Å². The maximum absolute atomic E-state index is 10.3. The monoisotopic (exact) mass is 356 g/mol. The molecule has 0 saturated heterocycles. The lowest BCUT2D eigenvalue weighted by atomic mass is 9.95. The van der Waals surface area contributed by atoms with Gasteiger partial charge in [-0.1, -0.05) is 60.2 Å². The lowest BCUT2D eigenvalue weighted by molar-refractivity contribution is -0.0190. The number of aromatic hydroxyl groups is 1. The second-order valence-corrected chi connectivity index (χ2v) is 7.09. The van der Waals surface area contributed by atoms with Crippen LogP contribution in [0.15, 0.2) is 77.9 Å². The van der Waals surface area contributed by atoms with Crippen LogP contribution in [0.1, 0.15) is 40.9 Å². The summed E-state index contributed by atoms with van der Waals surface area (Å²) in [6.07, 6.45) is 0.452. The summed E-state index contributed by atoms with van der Waals surface area (Å²) in [5, 5.41) is 17.2. The lowest BCUT2D eigenvalue weighted by Crippen LogP contribution is -2.33. The predicted molar refractivity (Wildman–Crippen MR) is 105 cm³/mol. The van der Waals surface area contributed by atoms with E-state index >= 15 is 0 Å². The Morgan fingerprint density at radius 1 is 1.00 bits per heavy atom. The van der Waals surface area contributed by atoms with Crippen molar-refractivity contribution < 1.29 is 9.84 Å². The number of nitrogens with zero attached hydrogens (tertiary/aromatic N) is 2. The van der Waals surface area contributed by atoms with Crippen LogP contribution < -0.4 is 4.74 Å². The summed E-state index contributed by atoms with van der Waals surface area (Å²) in [5.41, 5.74) is 5.08. The Labute approximate surface area is 158 Å². The van der Waals surface area contributed by atoms with Gasteiger partial charge < -0.3 is 9.84 Å². The zero-order valence-corrected chi connectivity index (χ0v) is 15.0. The van der Waals surface area contributed by atoms with E-state index in [1.165, 1.54) is 5.56 Å². The van der Waals surface area contributed by atoms with Gasteiger partial charge in [0, 0.05) is 23.1 Å². The molecular weight excluding hydrogens is 336 g/mol. The van der Waals surface area contributed by atoms with Gasteiger partial charge in [0.15, 0.2) is 0 Å². The van der Waals surface area contributed by atoms with Crippen LogP contribution in [-0.2, 0) is 0 Å². The Morgan fingerprint density at radius 3 is 2.67 bits per heavy atom. The van der Waals surface area contributed by atoms with Gasteiger partial charge in [-0.15, -0.1) is 0 Å². The van der Waals surface area contributed by atoms with Crippen molar-refractivity contribution in [2.45, 2.75) is 25.6 Å². The highest BCUT2D eigenvalue weighted by atomic mass is 16.5. The molecule has 0 spiro atoms. The van der Waals surface area contributed by atoms with Gasteiger partial charge in [0.25, 0.3) is 0 Å². The summed E-state index contributed by atoms with van der Waals surface area (Å²) in [7, 11) is 0. The van der Waals surface area contributed by atoms with Gasteiger partial charge in [-0.3, -0.25) is 0 Å². The van der Waals surface area contributed by atoms with E-state index in [0.717, 1.165) is 34.6 Å². The summed E-state index contributed by atoms with van der Waals surface area (Å²) < 4.78 is 6.36. The number of phenolic OH excluding ortho intramolecular Hbond substituents is 1. The third-order valence-corrected chi connectivity index (χ3v) is 5.24. The Morgan fingerprint density at radius 2 is 1.81 bits per heavy atom. The van der Waals surface area contributed by atoms with Gasteiger partial charge in [-0.25, -0.2) is 5.01 Å². The number of rotatable bonds is 2. The molecular formula is C23H20N2O2. The summed E-state index contributed by atoms with van der Waals surface area (Å²) >= 11 is 0. The Balaban J connectivity index is 1.62. The van der Waals surface area contributed by atoms with Crippen LogP contribution in [0.3, 0.4) is 0 Å². The molecule has 5 rings (SSSR count). The van der Waals surface area contributed by atoms with Crippen molar-refractivity contribution >= 4 is 5.71 Å². The molecule has 0 radical (unpaired) electrons. The van der Waals surface area contributed by atoms with Crippen LogP contribution >= 0.6 is 0 Å². The molecule has 0 fully saturated rings. The average molecular weight is 356 g/mol. The van der Waals surface area contributed by atoms with Crippen molar-refractivity contribution in [3.05, 3.63) is 95.1 Å². The second-order valence-electron chi connectivity index (χ2n) is 7.09. The van der Waals surface area contributed by atoms with Gasteiger partial charge in [0.2, 0.25) is 6.23 Å². The first-order valence-corrected chi connectivity index (χ1v) is 9.17. The maximum Gasteiger partial charge on any atom is 0.213 e. The Hall–Kier alpha value is -3.27. The average Bonchev–Trinajstić information content (AvgIpc) is 3.13. The number of para-hydroxylation sites is 2. The number of aryl methyl sites for hydroxylation is 1. The molecule has 0 unspecified atom stereocenters. The smallest absolute Gasteiger partial charge is 0.213 e. The van der Waals surface area contributed by atoms with Crippen LogP contribution in [0.2, 0.25) is 0 Å². The van der Waals surface area contributed by atoms with Crippen LogP contribution in [0, 0.1) is 6.92 Å². The van der Waals surface area contributed by atoms with E-state index in [-0.39, 0.29) is 18.0 Å². The minimum Gasteiger partial charge on any atom is -0.507 e. The summed E-state index contributed by atoms with van der Waals surface area (Å²) in [5.74, 6) is 1.16. The van der Waals surface area contributed by atoms with E-state index in [9.17, 15) is 5.11 Å². The zero-order chi connectivity index (χ0) is 18.4. The third-order valence-electron chi connectivity index (χ3n) is 5.24. The first kappa shape index (κ1) is 15.9. The quantitative estimate of drug-likeness (QED) is 0.707. The van der Waals surface area contributed by atoms with Crippen molar-refractivity contribution in [2.24, 2.45) is 5.10 Å². The molecule has 0 aliphatic carbocycles. The molecule has 1 N–H and O–H groups in total. The number of hydrogen-bond donors (Lipinski definition) is 1. The fraction of sp³-hybridized carbons (Fsp3) is 0.174. The first-order chi connectivity index (χ1) is 13.2. The van der Waals surface area contributed by atoms with E-state index in [1.807, 2.05) is 47.5 Å². The molecule has 4 nitrogen and oxygen atoms in total. The highest BCUT2D eigenvalue weighted by Crippen LogP contribution is 2.47. The maximum atomic E-state index is 10.3. The third kappa shape index (κ3) is 2.65. The van der Waals surface area contributed by atoms with Gasteiger partial charge in [0.05, 0.1) is 11.8 Å². The molecule has 4 heteroatoms. The van der Waals surface area contributed by atoms with Crippen LogP contribution in [0.4, 0.5) is 0 Å². The molecule has 2 aliphatic rings. The standard InChI is InChI=1S/C23H20N2O2/c1-15-7-6-8-16(13-15)23-25-20(18-10-3-5-12-22(18)27-23)14-19(24-25)17-9-2-4-11-21(17)26/h2-13,20,23,26H,14H2,1H3/t20-,23+/m1/s1. The zero-order valence-electron chi connectivity index (χ0n) is 15.0. The van der Waals surface area contributed by atoms with Gasteiger partial charge in [-0.05, 0) is 25.1 Å². The topological polar surface area (TPSA) is 45.1 Å². The minimum absolute atomic E-state index is 0.0927. The summed E-state index contributed by atoms with van der Waals surface area (Å²) in [6.45, 7) is 2.08. The van der Waals surface area contributed by atoms with E-state index in [2.05, 4.69) is 31.2 Å². The number of ether oxygens (including phenoxy) is 1. The second kappa shape index (κ2) is 6.16. The Kier molecular flexibility index (Phi) is 3.64. The molecule has 0 bridgehead atoms. The van der Waals surface area contributed by atoms with E-state index in [0.29, 0.717) is 0 Å². The number of hydrazone groups is 1. The first-order valence-electron chi connectivity index (χ1n) is 9.17. The molecule has 27 heavy (non-hydrogen) atoms.